The molecule has 0 bridgehead atoms. The van der Waals surface area contributed by atoms with Crippen molar-refractivity contribution in [2.75, 3.05) is 32.8 Å². The fraction of sp³-hybridized carbons (Fsp3) is 0.500. The Bertz CT molecular complexity index is 769. The number of halogens is 1. The van der Waals surface area contributed by atoms with Crippen LogP contribution in [0.1, 0.15) is 5.56 Å². The highest BCUT2D eigenvalue weighted by molar-refractivity contribution is 6.31. The standard InChI is InChI=1S/C18H22ClN5O2/c19-16-8-20-4-2-14(16)9-23-10-15-11-26-13-18(15,12-23)17(25)21-5-7-24-6-1-3-22-24/h1-4,6,8,15H,5,7,9-13H2,(H,21,25)/t15-,18-/m1/s1. The molecule has 1 N–H and O–H groups in total. The lowest BCUT2D eigenvalue weighted by Crippen LogP contribution is -2.47. The molecule has 2 aromatic heterocycles. The summed E-state index contributed by atoms with van der Waals surface area (Å²) < 4.78 is 7.48. The van der Waals surface area contributed by atoms with Gasteiger partial charge in [0.25, 0.3) is 0 Å². The van der Waals surface area contributed by atoms with E-state index in [0.29, 0.717) is 37.9 Å². The average molecular weight is 376 g/mol. The van der Waals surface area contributed by atoms with E-state index in [1.54, 1.807) is 18.6 Å². The first-order valence-corrected chi connectivity index (χ1v) is 9.19. The van der Waals surface area contributed by atoms with Crippen molar-refractivity contribution in [2.45, 2.75) is 13.1 Å². The van der Waals surface area contributed by atoms with Gasteiger partial charge >= 0.3 is 0 Å². The molecule has 2 atom stereocenters. The third-order valence-electron chi connectivity index (χ3n) is 5.33. The van der Waals surface area contributed by atoms with E-state index in [4.69, 9.17) is 16.3 Å². The van der Waals surface area contributed by atoms with Crippen LogP contribution in [0.25, 0.3) is 0 Å². The molecule has 2 fully saturated rings. The average Bonchev–Trinajstić information content (AvgIpc) is 3.33. The van der Waals surface area contributed by atoms with Crippen LogP contribution in [0.2, 0.25) is 5.02 Å². The number of rotatable bonds is 6. The number of pyridine rings is 1. The van der Waals surface area contributed by atoms with E-state index in [1.165, 1.54) is 0 Å². The third kappa shape index (κ3) is 3.34. The number of ether oxygens (including phenoxy) is 1. The highest BCUT2D eigenvalue weighted by Gasteiger charge is 2.55. The van der Waals surface area contributed by atoms with E-state index < -0.39 is 5.41 Å². The number of nitrogens with one attached hydrogen (secondary N) is 1. The second kappa shape index (κ2) is 7.34. The van der Waals surface area contributed by atoms with E-state index in [-0.39, 0.29) is 11.8 Å². The first kappa shape index (κ1) is 17.5. The molecule has 0 saturated carbocycles. The van der Waals surface area contributed by atoms with E-state index in [9.17, 15) is 4.79 Å². The summed E-state index contributed by atoms with van der Waals surface area (Å²) in [7, 11) is 0. The number of carbonyl (C=O) groups excluding carboxylic acids is 1. The molecule has 2 aliphatic rings. The van der Waals surface area contributed by atoms with Gasteiger partial charge < -0.3 is 10.1 Å². The summed E-state index contributed by atoms with van der Waals surface area (Å²) in [5, 5.41) is 7.90. The lowest BCUT2D eigenvalue weighted by molar-refractivity contribution is -0.131. The van der Waals surface area contributed by atoms with Crippen LogP contribution in [0.4, 0.5) is 0 Å². The summed E-state index contributed by atoms with van der Waals surface area (Å²) in [4.78, 5) is 19.3. The lowest BCUT2D eigenvalue weighted by atomic mass is 9.80. The Kier molecular flexibility index (Phi) is 4.93. The highest BCUT2D eigenvalue weighted by atomic mass is 35.5. The summed E-state index contributed by atoms with van der Waals surface area (Å²) in [6.45, 7) is 4.58. The Morgan fingerprint density at radius 1 is 1.46 bits per heavy atom. The predicted molar refractivity (Wildman–Crippen MR) is 96.5 cm³/mol. The van der Waals surface area contributed by atoms with Gasteiger partial charge in [0.15, 0.2) is 0 Å². The van der Waals surface area contributed by atoms with Crippen molar-refractivity contribution in [3.63, 3.8) is 0 Å². The van der Waals surface area contributed by atoms with Gasteiger partial charge in [0, 0.05) is 56.9 Å². The van der Waals surface area contributed by atoms with E-state index in [0.717, 1.165) is 18.7 Å². The van der Waals surface area contributed by atoms with Crippen LogP contribution in [-0.4, -0.2) is 58.4 Å². The molecule has 2 aliphatic heterocycles. The maximum absolute atomic E-state index is 13.0. The number of hydrogen-bond donors (Lipinski definition) is 1. The molecule has 26 heavy (non-hydrogen) atoms. The van der Waals surface area contributed by atoms with E-state index in [1.807, 2.05) is 23.0 Å². The van der Waals surface area contributed by atoms with Crippen molar-refractivity contribution < 1.29 is 9.53 Å². The molecule has 7 nitrogen and oxygen atoms in total. The Labute approximate surface area is 157 Å². The van der Waals surface area contributed by atoms with Gasteiger partial charge in [-0.25, -0.2) is 0 Å². The lowest BCUT2D eigenvalue weighted by Gasteiger charge is -2.26. The second-order valence-electron chi connectivity index (χ2n) is 7.03. The van der Waals surface area contributed by atoms with Crippen molar-refractivity contribution in [3.05, 3.63) is 47.5 Å². The molecule has 0 aromatic carbocycles. The maximum atomic E-state index is 13.0. The summed E-state index contributed by atoms with van der Waals surface area (Å²) in [5.74, 6) is 0.295. The van der Waals surface area contributed by atoms with Crippen molar-refractivity contribution in [3.8, 4) is 0 Å². The largest absolute Gasteiger partial charge is 0.380 e. The number of likely N-dealkylation sites (tertiary alicyclic amines) is 1. The van der Waals surface area contributed by atoms with Gasteiger partial charge in [-0.1, -0.05) is 11.6 Å². The minimum absolute atomic E-state index is 0.0791. The van der Waals surface area contributed by atoms with Crippen LogP contribution < -0.4 is 5.32 Å². The van der Waals surface area contributed by atoms with Crippen molar-refractivity contribution in [1.82, 2.24) is 25.0 Å². The van der Waals surface area contributed by atoms with Crippen molar-refractivity contribution in [1.29, 1.82) is 0 Å². The summed E-state index contributed by atoms with van der Waals surface area (Å²) >= 11 is 6.24. The SMILES string of the molecule is O=C(NCCn1cccn1)[C@]12COC[C@H]1CN(Cc1ccncc1Cl)C2. The normalized spacial score (nSPS) is 25.3. The fourth-order valence-corrected chi connectivity index (χ4v) is 4.13. The zero-order valence-electron chi connectivity index (χ0n) is 14.5. The molecule has 0 radical (unpaired) electrons. The molecule has 0 unspecified atom stereocenters. The minimum Gasteiger partial charge on any atom is -0.380 e. The molecular formula is C18H22ClN5O2. The quantitative estimate of drug-likeness (QED) is 0.821. The minimum atomic E-state index is -0.469. The Balaban J connectivity index is 1.39. The Morgan fingerprint density at radius 3 is 3.19 bits per heavy atom. The molecule has 0 aliphatic carbocycles. The maximum Gasteiger partial charge on any atom is 0.230 e. The molecular weight excluding hydrogens is 354 g/mol. The predicted octanol–water partition coefficient (Wildman–Crippen LogP) is 1.20. The van der Waals surface area contributed by atoms with Crippen LogP contribution in [-0.2, 0) is 22.6 Å². The molecule has 2 aromatic rings. The number of fused-ring (bicyclic) bond motifs is 1. The molecule has 1 amide bonds. The second-order valence-corrected chi connectivity index (χ2v) is 7.44. The fourth-order valence-electron chi connectivity index (χ4n) is 3.95. The summed E-state index contributed by atoms with van der Waals surface area (Å²) in [6.07, 6.45) is 7.04. The van der Waals surface area contributed by atoms with Crippen LogP contribution >= 0.6 is 11.6 Å². The van der Waals surface area contributed by atoms with Crippen molar-refractivity contribution >= 4 is 17.5 Å². The number of aromatic nitrogens is 3. The van der Waals surface area contributed by atoms with E-state index in [2.05, 4.69) is 20.3 Å². The van der Waals surface area contributed by atoms with Gasteiger partial charge in [0.2, 0.25) is 5.91 Å². The van der Waals surface area contributed by atoms with Gasteiger partial charge in [-0.3, -0.25) is 19.4 Å². The zero-order valence-corrected chi connectivity index (χ0v) is 15.2. The number of carbonyl (C=O) groups is 1. The molecule has 4 rings (SSSR count). The van der Waals surface area contributed by atoms with Crippen LogP contribution in [0, 0.1) is 11.3 Å². The Hall–Kier alpha value is -1.96. The topological polar surface area (TPSA) is 72.3 Å². The van der Waals surface area contributed by atoms with Gasteiger partial charge in [0.1, 0.15) is 0 Å². The third-order valence-corrected chi connectivity index (χ3v) is 5.67. The number of hydrogen-bond acceptors (Lipinski definition) is 5. The number of amides is 1. The zero-order chi connectivity index (χ0) is 18.0. The monoisotopic (exact) mass is 375 g/mol. The Morgan fingerprint density at radius 2 is 2.38 bits per heavy atom. The van der Waals surface area contributed by atoms with E-state index >= 15 is 0 Å². The van der Waals surface area contributed by atoms with Crippen LogP contribution in [0.15, 0.2) is 36.9 Å². The van der Waals surface area contributed by atoms with Crippen LogP contribution in [0.3, 0.4) is 0 Å². The summed E-state index contributed by atoms with van der Waals surface area (Å²) in [6, 6.07) is 3.81. The molecule has 2 saturated heterocycles. The first-order valence-electron chi connectivity index (χ1n) is 8.81. The van der Waals surface area contributed by atoms with Gasteiger partial charge in [-0.2, -0.15) is 5.10 Å². The number of nitrogens with zero attached hydrogens (tertiary/aromatic N) is 4. The molecule has 138 valence electrons. The highest BCUT2D eigenvalue weighted by Crippen LogP contribution is 2.42. The molecule has 0 spiro atoms. The molecule has 8 heteroatoms. The smallest absolute Gasteiger partial charge is 0.230 e. The van der Waals surface area contributed by atoms with Gasteiger partial charge in [-0.15, -0.1) is 0 Å². The summed E-state index contributed by atoms with van der Waals surface area (Å²) in [5.41, 5.74) is 0.570. The van der Waals surface area contributed by atoms with Crippen LogP contribution in [0.5, 0.6) is 0 Å². The van der Waals surface area contributed by atoms with Gasteiger partial charge in [-0.05, 0) is 17.7 Å². The molecule has 4 heterocycles. The first-order chi connectivity index (χ1) is 12.7. The van der Waals surface area contributed by atoms with Gasteiger partial charge in [0.05, 0.1) is 30.2 Å². The van der Waals surface area contributed by atoms with Crippen molar-refractivity contribution in [2.24, 2.45) is 11.3 Å².